The molecule has 1 atom stereocenters. The first-order valence-electron chi connectivity index (χ1n) is 5.64. The Bertz CT molecular complexity index is 444. The van der Waals surface area contributed by atoms with Crippen LogP contribution in [0.25, 0.3) is 0 Å². The number of morpholine rings is 1. The SMILES string of the molecule is Cc1cc(C)c(N2CCOCC2C#N)c(Cl)c1. The van der Waals surface area contributed by atoms with Crippen LogP contribution in [0.2, 0.25) is 5.02 Å². The Kier molecular flexibility index (Phi) is 3.56. The first-order valence-corrected chi connectivity index (χ1v) is 6.02. The van der Waals surface area contributed by atoms with Crippen molar-refractivity contribution < 1.29 is 4.74 Å². The van der Waals surface area contributed by atoms with Crippen LogP contribution in [0.4, 0.5) is 5.69 Å². The fourth-order valence-corrected chi connectivity index (χ4v) is 2.68. The van der Waals surface area contributed by atoms with Gasteiger partial charge in [0.2, 0.25) is 0 Å². The van der Waals surface area contributed by atoms with Gasteiger partial charge in [0.25, 0.3) is 0 Å². The van der Waals surface area contributed by atoms with E-state index in [1.54, 1.807) is 0 Å². The van der Waals surface area contributed by atoms with Gasteiger partial charge in [-0.2, -0.15) is 5.26 Å². The Balaban J connectivity index is 2.42. The minimum absolute atomic E-state index is 0.248. The van der Waals surface area contributed by atoms with Gasteiger partial charge in [0.05, 0.1) is 30.0 Å². The van der Waals surface area contributed by atoms with Crippen LogP contribution >= 0.6 is 11.6 Å². The number of nitrogens with zero attached hydrogens (tertiary/aromatic N) is 2. The quantitative estimate of drug-likeness (QED) is 0.769. The van der Waals surface area contributed by atoms with E-state index in [4.69, 9.17) is 21.6 Å². The fourth-order valence-electron chi connectivity index (χ4n) is 2.25. The molecular weight excluding hydrogens is 236 g/mol. The molecule has 1 aromatic carbocycles. The van der Waals surface area contributed by atoms with Crippen molar-refractivity contribution in [3.63, 3.8) is 0 Å². The molecule has 1 heterocycles. The number of benzene rings is 1. The average Bonchev–Trinajstić information content (AvgIpc) is 2.28. The lowest BCUT2D eigenvalue weighted by molar-refractivity contribution is 0.107. The number of rotatable bonds is 1. The maximum absolute atomic E-state index is 9.14. The summed E-state index contributed by atoms with van der Waals surface area (Å²) >= 11 is 6.30. The molecule has 0 bridgehead atoms. The molecular formula is C13H15ClN2O. The lowest BCUT2D eigenvalue weighted by atomic mass is 10.1. The lowest BCUT2D eigenvalue weighted by Gasteiger charge is -2.35. The maximum atomic E-state index is 9.14. The largest absolute Gasteiger partial charge is 0.376 e. The van der Waals surface area contributed by atoms with Crippen molar-refractivity contribution in [2.75, 3.05) is 24.7 Å². The summed E-state index contributed by atoms with van der Waals surface area (Å²) in [5, 5.41) is 9.86. The number of halogens is 1. The van der Waals surface area contributed by atoms with Crippen molar-refractivity contribution in [2.45, 2.75) is 19.9 Å². The highest BCUT2D eigenvalue weighted by atomic mass is 35.5. The third kappa shape index (κ3) is 2.38. The Morgan fingerprint density at radius 2 is 2.24 bits per heavy atom. The monoisotopic (exact) mass is 250 g/mol. The second kappa shape index (κ2) is 4.95. The molecule has 0 radical (unpaired) electrons. The van der Waals surface area contributed by atoms with Gasteiger partial charge in [0.1, 0.15) is 6.04 Å². The second-order valence-corrected chi connectivity index (χ2v) is 4.73. The molecule has 3 nitrogen and oxygen atoms in total. The standard InChI is InChI=1S/C13H15ClN2O/c1-9-5-10(2)13(12(14)6-9)16-3-4-17-8-11(16)7-15/h5-6,11H,3-4,8H2,1-2H3. The predicted molar refractivity (Wildman–Crippen MR) is 68.5 cm³/mol. The minimum atomic E-state index is -0.248. The third-order valence-corrected chi connectivity index (χ3v) is 3.25. The Labute approximate surface area is 107 Å². The summed E-state index contributed by atoms with van der Waals surface area (Å²) in [6.07, 6.45) is 0. The van der Waals surface area contributed by atoms with E-state index in [-0.39, 0.29) is 6.04 Å². The van der Waals surface area contributed by atoms with E-state index in [9.17, 15) is 0 Å². The van der Waals surface area contributed by atoms with Crippen molar-refractivity contribution in [1.29, 1.82) is 5.26 Å². The summed E-state index contributed by atoms with van der Waals surface area (Å²) in [4.78, 5) is 2.04. The fraction of sp³-hybridized carbons (Fsp3) is 0.462. The van der Waals surface area contributed by atoms with Crippen LogP contribution in [-0.4, -0.2) is 25.8 Å². The Morgan fingerprint density at radius 1 is 1.47 bits per heavy atom. The molecule has 0 aliphatic carbocycles. The predicted octanol–water partition coefficient (Wildman–Crippen LogP) is 2.69. The van der Waals surface area contributed by atoms with E-state index in [0.717, 1.165) is 16.8 Å². The number of anilines is 1. The molecule has 0 spiro atoms. The highest BCUT2D eigenvalue weighted by molar-refractivity contribution is 6.33. The van der Waals surface area contributed by atoms with Gasteiger partial charge >= 0.3 is 0 Å². The molecule has 1 aliphatic rings. The molecule has 0 amide bonds. The smallest absolute Gasteiger partial charge is 0.140 e. The number of nitriles is 1. The van der Waals surface area contributed by atoms with E-state index in [1.807, 2.05) is 24.8 Å². The first-order chi connectivity index (χ1) is 8.13. The minimum Gasteiger partial charge on any atom is -0.376 e. The van der Waals surface area contributed by atoms with E-state index in [1.165, 1.54) is 0 Å². The number of aryl methyl sites for hydroxylation is 2. The van der Waals surface area contributed by atoms with Gasteiger partial charge in [-0.3, -0.25) is 0 Å². The summed E-state index contributed by atoms with van der Waals surface area (Å²) < 4.78 is 5.32. The number of hydrogen-bond donors (Lipinski definition) is 0. The summed E-state index contributed by atoms with van der Waals surface area (Å²) in [6, 6.07) is 6.04. The van der Waals surface area contributed by atoms with Crippen LogP contribution in [0.3, 0.4) is 0 Å². The van der Waals surface area contributed by atoms with Gasteiger partial charge in [0.15, 0.2) is 0 Å². The molecule has 0 N–H and O–H groups in total. The van der Waals surface area contributed by atoms with Crippen LogP contribution in [0.15, 0.2) is 12.1 Å². The molecule has 90 valence electrons. The van der Waals surface area contributed by atoms with Gasteiger partial charge in [0, 0.05) is 6.54 Å². The van der Waals surface area contributed by atoms with E-state index >= 15 is 0 Å². The average molecular weight is 251 g/mol. The molecule has 1 aromatic rings. The Hall–Kier alpha value is -1.24. The van der Waals surface area contributed by atoms with E-state index < -0.39 is 0 Å². The molecule has 1 saturated heterocycles. The normalized spacial score (nSPS) is 20.1. The maximum Gasteiger partial charge on any atom is 0.140 e. The molecule has 0 saturated carbocycles. The molecule has 17 heavy (non-hydrogen) atoms. The number of hydrogen-bond acceptors (Lipinski definition) is 3. The molecule has 0 aromatic heterocycles. The van der Waals surface area contributed by atoms with Crippen LogP contribution in [0.1, 0.15) is 11.1 Å². The van der Waals surface area contributed by atoms with Crippen LogP contribution in [0, 0.1) is 25.2 Å². The van der Waals surface area contributed by atoms with Gasteiger partial charge < -0.3 is 9.64 Å². The van der Waals surface area contributed by atoms with Crippen molar-refractivity contribution in [3.8, 4) is 6.07 Å². The summed E-state index contributed by atoms with van der Waals surface area (Å²) in [6.45, 7) is 5.84. The highest BCUT2D eigenvalue weighted by Gasteiger charge is 2.25. The number of ether oxygens (including phenoxy) is 1. The summed E-state index contributed by atoms with van der Waals surface area (Å²) in [5.41, 5.74) is 3.21. The van der Waals surface area contributed by atoms with Crippen LogP contribution in [0.5, 0.6) is 0 Å². The van der Waals surface area contributed by atoms with E-state index in [2.05, 4.69) is 12.1 Å². The van der Waals surface area contributed by atoms with Crippen molar-refractivity contribution in [2.24, 2.45) is 0 Å². The molecule has 1 aliphatic heterocycles. The van der Waals surface area contributed by atoms with Crippen LogP contribution in [-0.2, 0) is 4.74 Å². The molecule has 1 fully saturated rings. The summed E-state index contributed by atoms with van der Waals surface area (Å²) in [7, 11) is 0. The molecule has 4 heteroatoms. The van der Waals surface area contributed by atoms with Crippen molar-refractivity contribution in [3.05, 3.63) is 28.3 Å². The molecule has 2 rings (SSSR count). The zero-order valence-corrected chi connectivity index (χ0v) is 10.8. The Morgan fingerprint density at radius 3 is 2.88 bits per heavy atom. The van der Waals surface area contributed by atoms with Crippen molar-refractivity contribution >= 4 is 17.3 Å². The summed E-state index contributed by atoms with van der Waals surface area (Å²) in [5.74, 6) is 0. The van der Waals surface area contributed by atoms with Gasteiger partial charge in [-0.15, -0.1) is 0 Å². The third-order valence-electron chi connectivity index (χ3n) is 2.96. The van der Waals surface area contributed by atoms with Gasteiger partial charge in [-0.25, -0.2) is 0 Å². The zero-order valence-electron chi connectivity index (χ0n) is 10.0. The highest BCUT2D eigenvalue weighted by Crippen LogP contribution is 2.33. The van der Waals surface area contributed by atoms with E-state index in [0.29, 0.717) is 24.8 Å². The van der Waals surface area contributed by atoms with Gasteiger partial charge in [-0.1, -0.05) is 17.7 Å². The first kappa shape index (κ1) is 12.2. The van der Waals surface area contributed by atoms with Gasteiger partial charge in [-0.05, 0) is 31.0 Å². The topological polar surface area (TPSA) is 36.3 Å². The lowest BCUT2D eigenvalue weighted by Crippen LogP contribution is -2.45. The second-order valence-electron chi connectivity index (χ2n) is 4.33. The van der Waals surface area contributed by atoms with Crippen molar-refractivity contribution in [1.82, 2.24) is 0 Å². The molecule has 1 unspecified atom stereocenters. The van der Waals surface area contributed by atoms with Crippen LogP contribution < -0.4 is 4.90 Å². The zero-order chi connectivity index (χ0) is 12.4.